The molecule has 166 valence electrons. The zero-order valence-corrected chi connectivity index (χ0v) is 15.0. The van der Waals surface area contributed by atoms with E-state index in [1.165, 1.54) is 6.92 Å². The van der Waals surface area contributed by atoms with Gasteiger partial charge in [-0.15, -0.1) is 0 Å². The van der Waals surface area contributed by atoms with E-state index in [4.69, 9.17) is 10.8 Å². The van der Waals surface area contributed by atoms with Gasteiger partial charge in [0.1, 0.15) is 0 Å². The molecule has 0 aliphatic rings. The molecular weight excluding hydrogens is 421 g/mol. The summed E-state index contributed by atoms with van der Waals surface area (Å²) in [5, 5.41) is 8.93. The summed E-state index contributed by atoms with van der Waals surface area (Å²) in [6, 6.07) is 0.364. The van der Waals surface area contributed by atoms with E-state index >= 15 is 0 Å². The van der Waals surface area contributed by atoms with Crippen molar-refractivity contribution in [3.05, 3.63) is 34.4 Å². The molecule has 2 atom stereocenters. The predicted octanol–water partition coefficient (Wildman–Crippen LogP) is 5.36. The van der Waals surface area contributed by atoms with E-state index < -0.39 is 65.0 Å². The standard InChI is InChI=1S/C17H18F9NO2/c1-8(6-10(7-27)14(28)29)2-3-9-4-5-11(15(18,19)20)13(17(24,25)26)12(9)16(21,22)23/h4-5,8,10H,2-3,6-7,27H2,1H3,(H,28,29). The van der Waals surface area contributed by atoms with Crippen LogP contribution in [0, 0.1) is 11.8 Å². The largest absolute Gasteiger partial charge is 0.481 e. The Morgan fingerprint density at radius 1 is 0.966 bits per heavy atom. The molecule has 0 aliphatic carbocycles. The Labute approximate surface area is 159 Å². The fraction of sp³-hybridized carbons (Fsp3) is 0.588. The van der Waals surface area contributed by atoms with Crippen molar-refractivity contribution in [2.45, 2.75) is 44.7 Å². The molecule has 0 saturated carbocycles. The van der Waals surface area contributed by atoms with Crippen molar-refractivity contribution < 1.29 is 49.4 Å². The number of halogens is 9. The van der Waals surface area contributed by atoms with E-state index in [0.717, 1.165) is 0 Å². The number of rotatable bonds is 7. The fourth-order valence-corrected chi connectivity index (χ4v) is 3.01. The summed E-state index contributed by atoms with van der Waals surface area (Å²) in [4.78, 5) is 11.0. The van der Waals surface area contributed by atoms with E-state index in [1.54, 1.807) is 0 Å². The number of aliphatic carboxylic acids is 1. The normalized spacial score (nSPS) is 15.3. The quantitative estimate of drug-likeness (QED) is 0.563. The number of carboxylic acid groups (broad SMARTS) is 1. The molecule has 2 unspecified atom stereocenters. The fourth-order valence-electron chi connectivity index (χ4n) is 3.01. The number of alkyl halides is 9. The minimum absolute atomic E-state index is 0.0159. The molecule has 0 aliphatic heterocycles. The molecule has 12 heteroatoms. The van der Waals surface area contributed by atoms with Gasteiger partial charge in [0.15, 0.2) is 0 Å². The molecular formula is C17H18F9NO2. The Morgan fingerprint density at radius 2 is 1.48 bits per heavy atom. The molecule has 1 rings (SSSR count). The van der Waals surface area contributed by atoms with E-state index in [0.29, 0.717) is 6.07 Å². The monoisotopic (exact) mass is 439 g/mol. The Morgan fingerprint density at radius 3 is 1.86 bits per heavy atom. The third kappa shape index (κ3) is 6.51. The molecule has 0 spiro atoms. The topological polar surface area (TPSA) is 63.3 Å². The molecule has 0 bridgehead atoms. The van der Waals surface area contributed by atoms with Gasteiger partial charge in [-0.2, -0.15) is 39.5 Å². The predicted molar refractivity (Wildman–Crippen MR) is 83.7 cm³/mol. The summed E-state index contributed by atoms with van der Waals surface area (Å²) >= 11 is 0. The van der Waals surface area contributed by atoms with Gasteiger partial charge in [-0.05, 0) is 36.8 Å². The number of hydrogen-bond donors (Lipinski definition) is 2. The second kappa shape index (κ2) is 8.80. The van der Waals surface area contributed by atoms with Crippen LogP contribution >= 0.6 is 0 Å². The second-order valence-corrected chi connectivity index (χ2v) is 6.67. The lowest BCUT2D eigenvalue weighted by Crippen LogP contribution is -2.26. The SMILES string of the molecule is CC(CCc1ccc(C(F)(F)F)c(C(F)(F)F)c1C(F)(F)F)CC(CN)C(=O)O. The van der Waals surface area contributed by atoms with Crippen molar-refractivity contribution in [3.8, 4) is 0 Å². The lowest BCUT2D eigenvalue weighted by Gasteiger charge is -2.24. The third-order valence-corrected chi connectivity index (χ3v) is 4.39. The van der Waals surface area contributed by atoms with Crippen LogP contribution in [0.4, 0.5) is 39.5 Å². The molecule has 3 N–H and O–H groups in total. The molecule has 0 fully saturated rings. The summed E-state index contributed by atoms with van der Waals surface area (Å²) in [5.41, 5.74) is -3.22. The number of nitrogens with two attached hydrogens (primary N) is 1. The first-order chi connectivity index (χ1) is 13.0. The van der Waals surface area contributed by atoms with Crippen LogP contribution in [0.2, 0.25) is 0 Å². The Balaban J connectivity index is 3.37. The number of aryl methyl sites for hydroxylation is 1. The summed E-state index contributed by atoms with van der Waals surface area (Å²) in [6.45, 7) is 1.22. The average molecular weight is 439 g/mol. The Bertz CT molecular complexity index is 723. The highest BCUT2D eigenvalue weighted by Crippen LogP contribution is 2.48. The molecule has 1 aromatic rings. The Hall–Kier alpha value is -1.98. The van der Waals surface area contributed by atoms with Crippen LogP contribution in [-0.2, 0) is 29.7 Å². The summed E-state index contributed by atoms with van der Waals surface area (Å²) in [5.74, 6) is -2.77. The van der Waals surface area contributed by atoms with Crippen LogP contribution < -0.4 is 5.73 Å². The van der Waals surface area contributed by atoms with Crippen molar-refractivity contribution in [2.75, 3.05) is 6.54 Å². The minimum atomic E-state index is -5.88. The highest BCUT2D eigenvalue weighted by atomic mass is 19.4. The molecule has 0 aromatic heterocycles. The van der Waals surface area contributed by atoms with Crippen LogP contribution in [0.15, 0.2) is 12.1 Å². The zero-order chi connectivity index (χ0) is 22.8. The van der Waals surface area contributed by atoms with Crippen LogP contribution in [-0.4, -0.2) is 17.6 Å². The summed E-state index contributed by atoms with van der Waals surface area (Å²) in [6.07, 6.45) is -18.0. The van der Waals surface area contributed by atoms with Gasteiger partial charge in [-0.25, -0.2) is 0 Å². The number of carbonyl (C=O) groups is 1. The van der Waals surface area contributed by atoms with Gasteiger partial charge in [0.2, 0.25) is 0 Å². The molecule has 0 radical (unpaired) electrons. The molecule has 0 heterocycles. The van der Waals surface area contributed by atoms with E-state index in [1.807, 2.05) is 0 Å². The number of hydrogen-bond acceptors (Lipinski definition) is 2. The van der Waals surface area contributed by atoms with Gasteiger partial charge in [-0.3, -0.25) is 4.79 Å². The maximum absolute atomic E-state index is 13.3. The molecule has 29 heavy (non-hydrogen) atoms. The minimum Gasteiger partial charge on any atom is -0.481 e. The van der Waals surface area contributed by atoms with Gasteiger partial charge in [0.25, 0.3) is 0 Å². The highest BCUT2D eigenvalue weighted by Gasteiger charge is 2.51. The van der Waals surface area contributed by atoms with Crippen molar-refractivity contribution in [3.63, 3.8) is 0 Å². The van der Waals surface area contributed by atoms with Gasteiger partial charge in [0.05, 0.1) is 22.6 Å². The summed E-state index contributed by atoms with van der Waals surface area (Å²) < 4.78 is 118. The summed E-state index contributed by atoms with van der Waals surface area (Å²) in [7, 11) is 0. The molecule has 0 saturated heterocycles. The smallest absolute Gasteiger partial charge is 0.417 e. The van der Waals surface area contributed by atoms with E-state index in [9.17, 15) is 44.3 Å². The zero-order valence-electron chi connectivity index (χ0n) is 15.0. The van der Waals surface area contributed by atoms with Crippen LogP contribution in [0.5, 0.6) is 0 Å². The first-order valence-corrected chi connectivity index (χ1v) is 8.30. The molecule has 3 nitrogen and oxygen atoms in total. The van der Waals surface area contributed by atoms with Gasteiger partial charge >= 0.3 is 24.5 Å². The lowest BCUT2D eigenvalue weighted by atomic mass is 9.87. The number of benzene rings is 1. The van der Waals surface area contributed by atoms with E-state index in [2.05, 4.69) is 0 Å². The van der Waals surface area contributed by atoms with Gasteiger partial charge < -0.3 is 10.8 Å². The van der Waals surface area contributed by atoms with Gasteiger partial charge in [0, 0.05) is 6.54 Å². The first kappa shape index (κ1) is 25.1. The van der Waals surface area contributed by atoms with Crippen molar-refractivity contribution in [1.29, 1.82) is 0 Å². The van der Waals surface area contributed by atoms with Crippen molar-refractivity contribution >= 4 is 5.97 Å². The maximum Gasteiger partial charge on any atom is 0.417 e. The molecule has 1 aromatic carbocycles. The second-order valence-electron chi connectivity index (χ2n) is 6.67. The number of carboxylic acids is 1. The average Bonchev–Trinajstić information content (AvgIpc) is 2.54. The lowest BCUT2D eigenvalue weighted by molar-refractivity contribution is -0.175. The van der Waals surface area contributed by atoms with Crippen LogP contribution in [0.1, 0.15) is 42.0 Å². The Kier molecular flexibility index (Phi) is 7.60. The first-order valence-electron chi connectivity index (χ1n) is 8.30. The van der Waals surface area contributed by atoms with E-state index in [-0.39, 0.29) is 25.5 Å². The van der Waals surface area contributed by atoms with Crippen molar-refractivity contribution in [2.24, 2.45) is 17.6 Å². The van der Waals surface area contributed by atoms with Crippen LogP contribution in [0.3, 0.4) is 0 Å². The molecule has 0 amide bonds. The maximum atomic E-state index is 13.3. The van der Waals surface area contributed by atoms with Crippen LogP contribution in [0.25, 0.3) is 0 Å². The van der Waals surface area contributed by atoms with Crippen molar-refractivity contribution in [1.82, 2.24) is 0 Å². The third-order valence-electron chi connectivity index (χ3n) is 4.39. The van der Waals surface area contributed by atoms with Gasteiger partial charge in [-0.1, -0.05) is 13.0 Å². The highest BCUT2D eigenvalue weighted by molar-refractivity contribution is 5.70.